The topological polar surface area (TPSA) is 38.8 Å². The first kappa shape index (κ1) is 16.7. The van der Waals surface area contributed by atoms with E-state index in [4.69, 9.17) is 21.1 Å². The molecular formula is C18H24ClNO3. The number of amides is 1. The Hall–Kier alpha value is -1.10. The number of rotatable bonds is 5. The second kappa shape index (κ2) is 7.20. The zero-order valence-electron chi connectivity index (χ0n) is 13.6. The molecular weight excluding hydrogens is 314 g/mol. The minimum atomic E-state index is -0.128. The summed E-state index contributed by atoms with van der Waals surface area (Å²) >= 11 is 5.87. The number of carbonyl (C=O) groups is 1. The minimum Gasteiger partial charge on any atom is -0.382 e. The molecule has 1 spiro atoms. The molecule has 1 aromatic rings. The number of nitrogens with zero attached hydrogens (tertiary/aromatic N) is 1. The summed E-state index contributed by atoms with van der Waals surface area (Å²) in [5.74, 6) is 0.704. The third-order valence-corrected chi connectivity index (χ3v) is 5.06. The second-order valence-electron chi connectivity index (χ2n) is 6.54. The molecule has 0 N–H and O–H groups in total. The summed E-state index contributed by atoms with van der Waals surface area (Å²) in [6.45, 7) is 5.80. The van der Waals surface area contributed by atoms with Crippen molar-refractivity contribution in [3.05, 3.63) is 34.9 Å². The smallest absolute Gasteiger partial charge is 0.254 e. The summed E-state index contributed by atoms with van der Waals surface area (Å²) in [5.41, 5.74) is 0.560. The molecule has 2 aliphatic heterocycles. The standard InChI is InChI=1S/C18H24ClNO3/c1-2-22-9-7-14-8-10-23-18(11-14)12-20(13-18)17(21)15-3-5-16(19)6-4-15/h3-6,14H,2,7-13H2,1H3/t14-/m1/s1. The Labute approximate surface area is 142 Å². The van der Waals surface area contributed by atoms with Crippen molar-refractivity contribution in [2.45, 2.75) is 31.8 Å². The maximum Gasteiger partial charge on any atom is 0.254 e. The van der Waals surface area contributed by atoms with Gasteiger partial charge in [0.05, 0.1) is 13.1 Å². The van der Waals surface area contributed by atoms with Gasteiger partial charge in [-0.15, -0.1) is 0 Å². The van der Waals surface area contributed by atoms with Gasteiger partial charge in [0.2, 0.25) is 0 Å². The molecule has 0 aliphatic carbocycles. The highest BCUT2D eigenvalue weighted by molar-refractivity contribution is 6.30. The Morgan fingerprint density at radius 3 is 2.83 bits per heavy atom. The van der Waals surface area contributed by atoms with Crippen LogP contribution in [0.3, 0.4) is 0 Å². The highest BCUT2D eigenvalue weighted by Crippen LogP contribution is 2.38. The third kappa shape index (κ3) is 3.87. The first-order valence-electron chi connectivity index (χ1n) is 8.38. The van der Waals surface area contributed by atoms with Crippen LogP contribution in [0.15, 0.2) is 24.3 Å². The molecule has 0 unspecified atom stereocenters. The fourth-order valence-corrected chi connectivity index (χ4v) is 3.68. The predicted molar refractivity (Wildman–Crippen MR) is 89.9 cm³/mol. The van der Waals surface area contributed by atoms with Crippen LogP contribution in [0.5, 0.6) is 0 Å². The number of ether oxygens (including phenoxy) is 2. The fourth-order valence-electron chi connectivity index (χ4n) is 3.56. The van der Waals surface area contributed by atoms with Gasteiger partial charge in [0.15, 0.2) is 0 Å². The van der Waals surface area contributed by atoms with Crippen molar-refractivity contribution in [3.63, 3.8) is 0 Å². The molecule has 0 aromatic heterocycles. The van der Waals surface area contributed by atoms with Crippen LogP contribution in [0.4, 0.5) is 0 Å². The zero-order chi connectivity index (χ0) is 16.3. The molecule has 2 aliphatic rings. The Morgan fingerprint density at radius 1 is 1.39 bits per heavy atom. The van der Waals surface area contributed by atoms with Crippen LogP contribution < -0.4 is 0 Å². The van der Waals surface area contributed by atoms with Crippen molar-refractivity contribution >= 4 is 17.5 Å². The predicted octanol–water partition coefficient (Wildman–Crippen LogP) is 3.39. The van der Waals surface area contributed by atoms with Gasteiger partial charge in [-0.05, 0) is 56.4 Å². The van der Waals surface area contributed by atoms with Crippen LogP contribution >= 0.6 is 11.6 Å². The quantitative estimate of drug-likeness (QED) is 0.773. The highest BCUT2D eigenvalue weighted by atomic mass is 35.5. The van der Waals surface area contributed by atoms with Crippen LogP contribution in [0.25, 0.3) is 0 Å². The van der Waals surface area contributed by atoms with E-state index in [1.54, 1.807) is 24.3 Å². The molecule has 126 valence electrons. The molecule has 0 radical (unpaired) electrons. The fraction of sp³-hybridized carbons (Fsp3) is 0.611. The minimum absolute atomic E-state index is 0.0623. The zero-order valence-corrected chi connectivity index (χ0v) is 14.3. The van der Waals surface area contributed by atoms with Gasteiger partial charge in [-0.2, -0.15) is 0 Å². The van der Waals surface area contributed by atoms with Crippen molar-refractivity contribution in [1.29, 1.82) is 0 Å². The van der Waals surface area contributed by atoms with Crippen molar-refractivity contribution in [2.75, 3.05) is 32.9 Å². The monoisotopic (exact) mass is 337 g/mol. The van der Waals surface area contributed by atoms with E-state index in [1.807, 2.05) is 11.8 Å². The molecule has 1 atom stereocenters. The number of carbonyl (C=O) groups excluding carboxylic acids is 1. The highest BCUT2D eigenvalue weighted by Gasteiger charge is 2.49. The van der Waals surface area contributed by atoms with E-state index in [0.29, 0.717) is 29.6 Å². The summed E-state index contributed by atoms with van der Waals surface area (Å²) in [6.07, 6.45) is 3.22. The van der Waals surface area contributed by atoms with Crippen LogP contribution in [-0.2, 0) is 9.47 Å². The van der Waals surface area contributed by atoms with Crippen molar-refractivity contribution in [1.82, 2.24) is 4.90 Å². The van der Waals surface area contributed by atoms with E-state index in [9.17, 15) is 4.79 Å². The van der Waals surface area contributed by atoms with Crippen molar-refractivity contribution in [2.24, 2.45) is 5.92 Å². The molecule has 23 heavy (non-hydrogen) atoms. The van der Waals surface area contributed by atoms with Gasteiger partial charge in [0, 0.05) is 30.4 Å². The van der Waals surface area contributed by atoms with Crippen molar-refractivity contribution < 1.29 is 14.3 Å². The normalized spacial score (nSPS) is 22.9. The average Bonchev–Trinajstić information content (AvgIpc) is 2.53. The lowest BCUT2D eigenvalue weighted by Crippen LogP contribution is -2.66. The summed E-state index contributed by atoms with van der Waals surface area (Å²) < 4.78 is 11.5. The SMILES string of the molecule is CCOCC[C@@H]1CCOC2(C1)CN(C(=O)c1ccc(Cl)cc1)C2. The largest absolute Gasteiger partial charge is 0.382 e. The maximum absolute atomic E-state index is 12.5. The summed E-state index contributed by atoms with van der Waals surface area (Å²) in [6, 6.07) is 7.07. The molecule has 0 bridgehead atoms. The van der Waals surface area contributed by atoms with Crippen LogP contribution in [0.1, 0.15) is 36.5 Å². The van der Waals surface area contributed by atoms with Crippen molar-refractivity contribution in [3.8, 4) is 0 Å². The molecule has 2 saturated heterocycles. The lowest BCUT2D eigenvalue weighted by atomic mass is 9.79. The summed E-state index contributed by atoms with van der Waals surface area (Å²) in [4.78, 5) is 14.3. The van der Waals surface area contributed by atoms with Crippen LogP contribution in [0.2, 0.25) is 5.02 Å². The maximum atomic E-state index is 12.5. The number of hydrogen-bond acceptors (Lipinski definition) is 3. The third-order valence-electron chi connectivity index (χ3n) is 4.81. The first-order chi connectivity index (χ1) is 11.1. The van der Waals surface area contributed by atoms with Gasteiger partial charge in [0.1, 0.15) is 5.60 Å². The summed E-state index contributed by atoms with van der Waals surface area (Å²) in [7, 11) is 0. The lowest BCUT2D eigenvalue weighted by Gasteiger charge is -2.53. The Morgan fingerprint density at radius 2 is 2.13 bits per heavy atom. The van der Waals surface area contributed by atoms with Gasteiger partial charge in [0.25, 0.3) is 5.91 Å². The number of benzene rings is 1. The number of hydrogen-bond donors (Lipinski definition) is 0. The van der Waals surface area contributed by atoms with E-state index < -0.39 is 0 Å². The van der Waals surface area contributed by atoms with Crippen LogP contribution in [-0.4, -0.2) is 49.3 Å². The molecule has 3 rings (SSSR count). The van der Waals surface area contributed by atoms with Crippen LogP contribution in [0, 0.1) is 5.92 Å². The number of halogens is 1. The molecule has 2 heterocycles. The summed E-state index contributed by atoms with van der Waals surface area (Å²) in [5, 5.41) is 0.648. The van der Waals surface area contributed by atoms with E-state index in [2.05, 4.69) is 0 Å². The Bertz CT molecular complexity index is 540. The van der Waals surface area contributed by atoms with E-state index in [0.717, 1.165) is 39.1 Å². The molecule has 1 amide bonds. The average molecular weight is 338 g/mol. The Kier molecular flexibility index (Phi) is 5.24. The second-order valence-corrected chi connectivity index (χ2v) is 6.98. The van der Waals surface area contributed by atoms with Gasteiger partial charge >= 0.3 is 0 Å². The van der Waals surface area contributed by atoms with Gasteiger partial charge in [-0.25, -0.2) is 0 Å². The molecule has 4 nitrogen and oxygen atoms in total. The Balaban J connectivity index is 1.52. The van der Waals surface area contributed by atoms with E-state index in [1.165, 1.54) is 0 Å². The van der Waals surface area contributed by atoms with Gasteiger partial charge in [-0.1, -0.05) is 11.6 Å². The molecule has 5 heteroatoms. The molecule has 2 fully saturated rings. The van der Waals surface area contributed by atoms with E-state index in [-0.39, 0.29) is 11.5 Å². The van der Waals surface area contributed by atoms with E-state index >= 15 is 0 Å². The first-order valence-corrected chi connectivity index (χ1v) is 8.76. The van der Waals surface area contributed by atoms with Gasteiger partial charge in [-0.3, -0.25) is 4.79 Å². The van der Waals surface area contributed by atoms with Gasteiger partial charge < -0.3 is 14.4 Å². The lowest BCUT2D eigenvalue weighted by molar-refractivity contribution is -0.167. The number of likely N-dealkylation sites (tertiary alicyclic amines) is 1. The molecule has 1 aromatic carbocycles. The molecule has 0 saturated carbocycles.